The van der Waals surface area contributed by atoms with Gasteiger partial charge in [-0.3, -0.25) is 4.79 Å². The molecule has 0 saturated heterocycles. The number of aromatic nitrogens is 1. The highest BCUT2D eigenvalue weighted by molar-refractivity contribution is 6.35. The quantitative estimate of drug-likeness (QED) is 0.349. The summed E-state index contributed by atoms with van der Waals surface area (Å²) in [5.41, 5.74) is 3.88. The number of hydrogen-bond acceptors (Lipinski definition) is 6. The fourth-order valence-electron chi connectivity index (χ4n) is 3.34. The molecule has 2 heterocycles. The molecule has 0 atom stereocenters. The molecule has 2 N–H and O–H groups in total. The minimum atomic E-state index is -0.745. The summed E-state index contributed by atoms with van der Waals surface area (Å²) in [4.78, 5) is 29.8. The second kappa shape index (κ2) is 8.64. The monoisotopic (exact) mass is 447 g/mol. The van der Waals surface area contributed by atoms with Crippen LogP contribution in [0.4, 0.5) is 0 Å². The molecule has 0 aliphatic rings. The van der Waals surface area contributed by atoms with Crippen LogP contribution in [0.25, 0.3) is 22.2 Å². The van der Waals surface area contributed by atoms with E-state index in [0.29, 0.717) is 27.2 Å². The number of amides is 1. The largest absolute Gasteiger partial charge is 0.507 e. The molecule has 0 bridgehead atoms. The van der Waals surface area contributed by atoms with Crippen molar-refractivity contribution in [2.24, 2.45) is 5.10 Å². The summed E-state index contributed by atoms with van der Waals surface area (Å²) in [6.07, 6.45) is 0. The summed E-state index contributed by atoms with van der Waals surface area (Å²) in [6.45, 7) is 3.03. The van der Waals surface area contributed by atoms with E-state index in [1.165, 1.54) is 13.0 Å². The smallest absolute Gasteiger partial charge is 0.348 e. The van der Waals surface area contributed by atoms with Gasteiger partial charge < -0.3 is 9.52 Å². The van der Waals surface area contributed by atoms with Crippen LogP contribution in [0.3, 0.4) is 0 Å². The predicted molar refractivity (Wildman–Crippen MR) is 123 cm³/mol. The summed E-state index contributed by atoms with van der Waals surface area (Å²) < 4.78 is 5.01. The van der Waals surface area contributed by atoms with Crippen LogP contribution >= 0.6 is 11.6 Å². The van der Waals surface area contributed by atoms with Crippen molar-refractivity contribution in [3.05, 3.63) is 93.0 Å². The van der Waals surface area contributed by atoms with Crippen molar-refractivity contribution in [3.8, 4) is 17.0 Å². The number of nitrogens with zero attached hydrogens (tertiary/aromatic N) is 2. The van der Waals surface area contributed by atoms with Gasteiger partial charge in [0, 0.05) is 17.0 Å². The first kappa shape index (κ1) is 21.3. The van der Waals surface area contributed by atoms with E-state index in [0.717, 1.165) is 5.56 Å². The Balaban J connectivity index is 1.76. The molecule has 32 heavy (non-hydrogen) atoms. The van der Waals surface area contributed by atoms with E-state index in [9.17, 15) is 14.7 Å². The summed E-state index contributed by atoms with van der Waals surface area (Å²) >= 11 is 6.35. The van der Waals surface area contributed by atoms with Crippen LogP contribution in [0, 0.1) is 6.92 Å². The molecule has 0 unspecified atom stereocenters. The third-order valence-corrected chi connectivity index (χ3v) is 5.15. The summed E-state index contributed by atoms with van der Waals surface area (Å²) in [5.74, 6) is -0.532. The number of pyridine rings is 1. The highest BCUT2D eigenvalue weighted by Crippen LogP contribution is 2.29. The van der Waals surface area contributed by atoms with E-state index in [-0.39, 0.29) is 22.8 Å². The zero-order valence-corrected chi connectivity index (χ0v) is 18.0. The highest BCUT2D eigenvalue weighted by atomic mass is 35.5. The molecule has 8 heteroatoms. The third-order valence-electron chi connectivity index (χ3n) is 4.85. The van der Waals surface area contributed by atoms with E-state index in [2.05, 4.69) is 15.5 Å². The van der Waals surface area contributed by atoms with E-state index in [1.54, 1.807) is 31.2 Å². The van der Waals surface area contributed by atoms with E-state index in [4.69, 9.17) is 16.0 Å². The maximum absolute atomic E-state index is 13.1. The number of aryl methyl sites for hydroxylation is 1. The van der Waals surface area contributed by atoms with E-state index < -0.39 is 11.5 Å². The molecule has 0 aliphatic heterocycles. The third kappa shape index (κ3) is 4.10. The Labute approximate surface area is 188 Å². The summed E-state index contributed by atoms with van der Waals surface area (Å²) in [6, 6.07) is 17.6. The fraction of sp³-hybridized carbons (Fsp3) is 0.0833. The zero-order chi connectivity index (χ0) is 22.8. The topological polar surface area (TPSA) is 105 Å². The second-order valence-electron chi connectivity index (χ2n) is 7.10. The molecule has 160 valence electrons. The first-order chi connectivity index (χ1) is 15.3. The lowest BCUT2D eigenvalue weighted by Gasteiger charge is -2.10. The van der Waals surface area contributed by atoms with Crippen LogP contribution in [0.15, 0.2) is 75.0 Å². The molecule has 0 aliphatic carbocycles. The number of rotatable bonds is 4. The zero-order valence-electron chi connectivity index (χ0n) is 17.2. The van der Waals surface area contributed by atoms with Crippen LogP contribution in [0.5, 0.6) is 5.75 Å². The van der Waals surface area contributed by atoms with Crippen LogP contribution < -0.4 is 11.1 Å². The second-order valence-corrected chi connectivity index (χ2v) is 7.51. The summed E-state index contributed by atoms with van der Waals surface area (Å²) in [5, 5.41) is 15.0. The van der Waals surface area contributed by atoms with Gasteiger partial charge in [-0.2, -0.15) is 5.10 Å². The van der Waals surface area contributed by atoms with E-state index in [1.807, 2.05) is 30.3 Å². The number of halogens is 1. The lowest BCUT2D eigenvalue weighted by Crippen LogP contribution is -2.22. The van der Waals surface area contributed by atoms with Crippen LogP contribution in [0.2, 0.25) is 5.02 Å². The highest BCUT2D eigenvalue weighted by Gasteiger charge is 2.17. The van der Waals surface area contributed by atoms with Gasteiger partial charge in [0.2, 0.25) is 0 Å². The molecule has 0 spiro atoms. The maximum Gasteiger partial charge on any atom is 0.348 e. The number of para-hydroxylation sites is 1. The first-order valence-electron chi connectivity index (χ1n) is 9.68. The Morgan fingerprint density at radius 1 is 1.12 bits per heavy atom. The minimum absolute atomic E-state index is 0.101. The van der Waals surface area contributed by atoms with Crippen molar-refractivity contribution >= 4 is 34.1 Å². The standard InChI is InChI=1S/C24H18ClN3O4/c1-13-11-20(29)21(24(31)32-13)14(2)27-28-23(30)17-12-19(15-7-4-3-5-8-15)26-22-16(17)9-6-10-18(22)25/h3-12,29H,1-2H3,(H,28,30). The molecule has 7 nitrogen and oxygen atoms in total. The SMILES string of the molecule is CC(=NNC(=O)c1cc(-c2ccccc2)nc2c(Cl)cccc12)c1c(O)cc(C)oc1=O. The summed E-state index contributed by atoms with van der Waals surface area (Å²) in [7, 11) is 0. The van der Waals surface area contributed by atoms with Crippen molar-refractivity contribution in [1.82, 2.24) is 10.4 Å². The van der Waals surface area contributed by atoms with Gasteiger partial charge in [0.1, 0.15) is 17.1 Å². The van der Waals surface area contributed by atoms with Gasteiger partial charge in [-0.15, -0.1) is 0 Å². The Morgan fingerprint density at radius 2 is 1.88 bits per heavy atom. The minimum Gasteiger partial charge on any atom is -0.507 e. The number of aromatic hydroxyl groups is 1. The number of carbonyl (C=O) groups is 1. The van der Waals surface area contributed by atoms with Crippen molar-refractivity contribution in [2.45, 2.75) is 13.8 Å². The number of hydrogen-bond donors (Lipinski definition) is 2. The van der Waals surface area contributed by atoms with Crippen molar-refractivity contribution in [2.75, 3.05) is 0 Å². The molecular weight excluding hydrogens is 430 g/mol. The number of fused-ring (bicyclic) bond motifs is 1. The van der Waals surface area contributed by atoms with E-state index >= 15 is 0 Å². The number of hydrazone groups is 1. The Bertz CT molecular complexity index is 1430. The molecule has 1 amide bonds. The van der Waals surface area contributed by atoms with Crippen LogP contribution in [-0.2, 0) is 0 Å². The van der Waals surface area contributed by atoms with Crippen LogP contribution in [0.1, 0.15) is 28.6 Å². The lowest BCUT2D eigenvalue weighted by molar-refractivity contribution is 0.0956. The van der Waals surface area contributed by atoms with Gasteiger partial charge in [-0.25, -0.2) is 15.2 Å². The predicted octanol–water partition coefficient (Wildman–Crippen LogP) is 4.68. The Hall–Kier alpha value is -3.97. The molecular formula is C24H18ClN3O4. The van der Waals surface area contributed by atoms with Crippen molar-refractivity contribution in [3.63, 3.8) is 0 Å². The van der Waals surface area contributed by atoms with Gasteiger partial charge in [0.05, 0.1) is 27.5 Å². The average Bonchev–Trinajstić information content (AvgIpc) is 2.77. The fourth-order valence-corrected chi connectivity index (χ4v) is 3.55. The number of nitrogens with one attached hydrogen (secondary N) is 1. The molecule has 0 fully saturated rings. The van der Waals surface area contributed by atoms with Gasteiger partial charge in [0.25, 0.3) is 5.91 Å². The average molecular weight is 448 g/mol. The Kier molecular flexibility index (Phi) is 5.75. The van der Waals surface area contributed by atoms with Crippen molar-refractivity contribution < 1.29 is 14.3 Å². The molecule has 0 radical (unpaired) electrons. The lowest BCUT2D eigenvalue weighted by atomic mass is 10.0. The molecule has 2 aromatic carbocycles. The van der Waals surface area contributed by atoms with Crippen molar-refractivity contribution in [1.29, 1.82) is 0 Å². The number of benzene rings is 2. The molecule has 4 rings (SSSR count). The first-order valence-corrected chi connectivity index (χ1v) is 10.1. The van der Waals surface area contributed by atoms with Crippen LogP contribution in [-0.4, -0.2) is 21.7 Å². The van der Waals surface area contributed by atoms with Gasteiger partial charge in [-0.1, -0.05) is 54.1 Å². The van der Waals surface area contributed by atoms with Gasteiger partial charge in [-0.05, 0) is 26.0 Å². The molecule has 0 saturated carbocycles. The number of carbonyl (C=O) groups excluding carboxylic acids is 1. The molecule has 4 aromatic rings. The Morgan fingerprint density at radius 3 is 2.59 bits per heavy atom. The van der Waals surface area contributed by atoms with Gasteiger partial charge in [0.15, 0.2) is 0 Å². The van der Waals surface area contributed by atoms with Gasteiger partial charge >= 0.3 is 5.63 Å². The maximum atomic E-state index is 13.1. The normalized spacial score (nSPS) is 11.5. The molecule has 2 aromatic heterocycles.